The van der Waals surface area contributed by atoms with E-state index in [1.165, 1.54) is 18.1 Å². The van der Waals surface area contributed by atoms with Crippen LogP contribution in [0.25, 0.3) is 0 Å². The fourth-order valence-electron chi connectivity index (χ4n) is 2.33. The Kier molecular flexibility index (Phi) is 4.61. The van der Waals surface area contributed by atoms with Gasteiger partial charge in [0.1, 0.15) is 23.3 Å². The van der Waals surface area contributed by atoms with Gasteiger partial charge in [-0.15, -0.1) is 0 Å². The Labute approximate surface area is 143 Å². The first-order valence-electron chi connectivity index (χ1n) is 6.96. The molecule has 2 heterocycles. The van der Waals surface area contributed by atoms with Crippen LogP contribution in [0.15, 0.2) is 43.0 Å². The number of benzene rings is 1. The topological polar surface area (TPSA) is 63.8 Å². The Hall–Kier alpha value is -1.95. The third kappa shape index (κ3) is 3.52. The smallest absolute Gasteiger partial charge is 0.138 e. The molecule has 23 heavy (non-hydrogen) atoms. The average molecular weight is 349 g/mol. The summed E-state index contributed by atoms with van der Waals surface area (Å²) >= 11 is 12.2. The maximum Gasteiger partial charge on any atom is 0.138 e. The van der Waals surface area contributed by atoms with Crippen molar-refractivity contribution in [2.24, 2.45) is 0 Å². The van der Waals surface area contributed by atoms with Crippen molar-refractivity contribution in [3.63, 3.8) is 0 Å². The van der Waals surface area contributed by atoms with Gasteiger partial charge in [-0.3, -0.25) is 4.68 Å². The van der Waals surface area contributed by atoms with E-state index in [4.69, 9.17) is 23.2 Å². The van der Waals surface area contributed by atoms with Crippen LogP contribution in [-0.4, -0.2) is 24.9 Å². The van der Waals surface area contributed by atoms with Crippen molar-refractivity contribution in [3.8, 4) is 0 Å². The van der Waals surface area contributed by atoms with Crippen molar-refractivity contribution in [3.05, 3.63) is 75.5 Å². The van der Waals surface area contributed by atoms with Crippen LogP contribution < -0.4 is 0 Å². The lowest BCUT2D eigenvalue weighted by Crippen LogP contribution is -2.06. The molecule has 3 aromatic rings. The molecule has 0 fully saturated rings. The predicted octanol–water partition coefficient (Wildman–Crippen LogP) is 3.42. The highest BCUT2D eigenvalue weighted by molar-refractivity contribution is 6.31. The van der Waals surface area contributed by atoms with E-state index in [-0.39, 0.29) is 5.15 Å². The van der Waals surface area contributed by atoms with Crippen LogP contribution in [0.2, 0.25) is 10.2 Å². The van der Waals surface area contributed by atoms with Crippen molar-refractivity contribution < 1.29 is 5.11 Å². The van der Waals surface area contributed by atoms with Crippen molar-refractivity contribution in [2.75, 3.05) is 0 Å². The quantitative estimate of drug-likeness (QED) is 0.733. The highest BCUT2D eigenvalue weighted by Gasteiger charge is 2.21. The van der Waals surface area contributed by atoms with E-state index < -0.39 is 6.10 Å². The van der Waals surface area contributed by atoms with Gasteiger partial charge in [-0.25, -0.2) is 9.97 Å². The minimum atomic E-state index is -1.07. The molecule has 1 atom stereocenters. The predicted molar refractivity (Wildman–Crippen MR) is 88.6 cm³/mol. The van der Waals surface area contributed by atoms with Crippen LogP contribution in [0.5, 0.6) is 0 Å². The van der Waals surface area contributed by atoms with E-state index in [0.717, 1.165) is 5.56 Å². The number of aromatic nitrogens is 4. The van der Waals surface area contributed by atoms with E-state index >= 15 is 0 Å². The van der Waals surface area contributed by atoms with E-state index in [1.54, 1.807) is 10.9 Å². The number of nitrogens with zero attached hydrogens (tertiary/aromatic N) is 4. The summed E-state index contributed by atoms with van der Waals surface area (Å²) in [6.07, 6.45) is 3.38. The first-order chi connectivity index (χ1) is 11.0. The van der Waals surface area contributed by atoms with Gasteiger partial charge in [0, 0.05) is 18.0 Å². The molecule has 0 amide bonds. The Bertz CT molecular complexity index is 834. The summed E-state index contributed by atoms with van der Waals surface area (Å²) in [5.74, 6) is 0. The van der Waals surface area contributed by atoms with E-state index in [2.05, 4.69) is 21.1 Å². The molecule has 0 radical (unpaired) electrons. The Morgan fingerprint density at radius 2 is 2.13 bits per heavy atom. The van der Waals surface area contributed by atoms with Crippen LogP contribution in [0.4, 0.5) is 0 Å². The molecule has 1 unspecified atom stereocenters. The van der Waals surface area contributed by atoms with Crippen LogP contribution in [0, 0.1) is 6.92 Å². The first-order valence-corrected chi connectivity index (χ1v) is 7.72. The molecule has 5 nitrogen and oxygen atoms in total. The molecule has 1 aromatic carbocycles. The van der Waals surface area contributed by atoms with Crippen LogP contribution in [-0.2, 0) is 6.54 Å². The van der Waals surface area contributed by atoms with Gasteiger partial charge in [0.05, 0.1) is 11.6 Å². The minimum absolute atomic E-state index is 0.178. The second kappa shape index (κ2) is 6.66. The lowest BCUT2D eigenvalue weighted by atomic mass is 10.1. The molecule has 0 aliphatic carbocycles. The van der Waals surface area contributed by atoms with E-state index in [1.807, 2.05) is 25.1 Å². The van der Waals surface area contributed by atoms with E-state index in [9.17, 15) is 5.11 Å². The van der Waals surface area contributed by atoms with Gasteiger partial charge in [-0.2, -0.15) is 5.10 Å². The standard InChI is InChI=1S/C16H14Cl2N4O/c1-10-3-2-4-11(5-10)7-22-8-13(17)14(21-22)15(23)12-6-19-9-20-16(12)18/h2-6,8-9,15,23H,7H2,1H3. The highest BCUT2D eigenvalue weighted by Crippen LogP contribution is 2.29. The fraction of sp³-hybridized carbons (Fsp3) is 0.188. The molecule has 2 aromatic heterocycles. The largest absolute Gasteiger partial charge is 0.382 e. The van der Waals surface area contributed by atoms with Crippen LogP contribution in [0.3, 0.4) is 0 Å². The minimum Gasteiger partial charge on any atom is -0.382 e. The highest BCUT2D eigenvalue weighted by atomic mass is 35.5. The van der Waals surface area contributed by atoms with Crippen LogP contribution in [0.1, 0.15) is 28.5 Å². The lowest BCUT2D eigenvalue weighted by Gasteiger charge is -2.09. The summed E-state index contributed by atoms with van der Waals surface area (Å²) in [5.41, 5.74) is 2.98. The molecule has 0 aliphatic heterocycles. The second-order valence-electron chi connectivity index (χ2n) is 5.22. The van der Waals surface area contributed by atoms with Crippen molar-refractivity contribution in [1.82, 2.24) is 19.7 Å². The number of aliphatic hydroxyl groups is 1. The average Bonchev–Trinajstić information content (AvgIpc) is 2.87. The normalized spacial score (nSPS) is 12.3. The number of aryl methyl sites for hydroxylation is 1. The van der Waals surface area contributed by atoms with Crippen molar-refractivity contribution >= 4 is 23.2 Å². The van der Waals surface area contributed by atoms with Gasteiger partial charge in [-0.1, -0.05) is 53.0 Å². The molecule has 0 saturated heterocycles. The Morgan fingerprint density at radius 1 is 1.30 bits per heavy atom. The molecule has 1 N–H and O–H groups in total. The maximum atomic E-state index is 10.5. The number of rotatable bonds is 4. The number of aliphatic hydroxyl groups excluding tert-OH is 1. The maximum absolute atomic E-state index is 10.5. The second-order valence-corrected chi connectivity index (χ2v) is 5.99. The molecule has 0 saturated carbocycles. The number of halogens is 2. The molecular formula is C16H14Cl2N4O. The summed E-state index contributed by atoms with van der Waals surface area (Å²) in [6.45, 7) is 2.60. The van der Waals surface area contributed by atoms with Gasteiger partial charge in [0.2, 0.25) is 0 Å². The van der Waals surface area contributed by atoms with Gasteiger partial charge < -0.3 is 5.11 Å². The van der Waals surface area contributed by atoms with Crippen LogP contribution >= 0.6 is 23.2 Å². The Morgan fingerprint density at radius 3 is 2.87 bits per heavy atom. The first kappa shape index (κ1) is 15.9. The zero-order valence-corrected chi connectivity index (χ0v) is 13.8. The van der Waals surface area contributed by atoms with Crippen molar-refractivity contribution in [2.45, 2.75) is 19.6 Å². The third-order valence-electron chi connectivity index (χ3n) is 3.41. The van der Waals surface area contributed by atoms with Gasteiger partial charge in [-0.05, 0) is 12.5 Å². The van der Waals surface area contributed by atoms with Gasteiger partial charge in [0.25, 0.3) is 0 Å². The number of hydrogen-bond acceptors (Lipinski definition) is 4. The molecule has 0 bridgehead atoms. The molecule has 0 spiro atoms. The number of hydrogen-bond donors (Lipinski definition) is 1. The van der Waals surface area contributed by atoms with E-state index in [0.29, 0.717) is 22.8 Å². The summed E-state index contributed by atoms with van der Waals surface area (Å²) in [7, 11) is 0. The summed E-state index contributed by atoms with van der Waals surface area (Å²) in [4.78, 5) is 7.73. The zero-order chi connectivity index (χ0) is 16.4. The lowest BCUT2D eigenvalue weighted by molar-refractivity contribution is 0.213. The SMILES string of the molecule is Cc1cccc(Cn2cc(Cl)c(C(O)c3cncnc3Cl)n2)c1. The molecular weight excluding hydrogens is 335 g/mol. The summed E-state index contributed by atoms with van der Waals surface area (Å²) < 4.78 is 1.69. The fourth-order valence-corrected chi connectivity index (χ4v) is 2.78. The van der Waals surface area contributed by atoms with Gasteiger partial charge in [0.15, 0.2) is 0 Å². The third-order valence-corrected chi connectivity index (χ3v) is 4.02. The van der Waals surface area contributed by atoms with Gasteiger partial charge >= 0.3 is 0 Å². The summed E-state index contributed by atoms with van der Waals surface area (Å²) in [5, 5.41) is 15.4. The zero-order valence-electron chi connectivity index (χ0n) is 12.3. The monoisotopic (exact) mass is 348 g/mol. The van der Waals surface area contributed by atoms with Crippen molar-refractivity contribution in [1.29, 1.82) is 0 Å². The summed E-state index contributed by atoms with van der Waals surface area (Å²) in [6, 6.07) is 8.12. The molecule has 3 rings (SSSR count). The molecule has 118 valence electrons. The molecule has 7 heteroatoms. The molecule has 0 aliphatic rings. The Balaban J connectivity index is 1.88.